The average Bonchev–Trinajstić information content (AvgIpc) is 2.86. The molecule has 2 aromatic heterocycles. The van der Waals surface area contributed by atoms with Gasteiger partial charge in [0.05, 0.1) is 0 Å². The number of unbranched alkanes of at least 4 members (excludes halogenated alkanes) is 1. The number of rotatable bonds is 7. The second-order valence-corrected chi connectivity index (χ2v) is 5.43. The molecule has 0 saturated carbocycles. The third kappa shape index (κ3) is 3.33. The molecular formula is C15H22N4S. The van der Waals surface area contributed by atoms with Crippen molar-refractivity contribution in [3.05, 3.63) is 29.3 Å². The van der Waals surface area contributed by atoms with Crippen LogP contribution in [0.2, 0.25) is 0 Å². The van der Waals surface area contributed by atoms with Gasteiger partial charge in [-0.2, -0.15) is 5.10 Å². The molecule has 4 nitrogen and oxygen atoms in total. The van der Waals surface area contributed by atoms with E-state index in [2.05, 4.69) is 33.6 Å². The molecule has 0 aliphatic rings. The Morgan fingerprint density at radius 1 is 1.20 bits per heavy atom. The van der Waals surface area contributed by atoms with Crippen molar-refractivity contribution in [2.75, 3.05) is 0 Å². The predicted octanol–water partition coefficient (Wildman–Crippen LogP) is 4.53. The number of hydrogen-bond acceptors (Lipinski definition) is 3. The van der Waals surface area contributed by atoms with Crippen molar-refractivity contribution in [1.29, 1.82) is 0 Å². The van der Waals surface area contributed by atoms with Crippen LogP contribution in [0.1, 0.15) is 52.0 Å². The number of nitrogens with one attached hydrogen (secondary N) is 1. The third-order valence-electron chi connectivity index (χ3n) is 3.52. The summed E-state index contributed by atoms with van der Waals surface area (Å²) in [5.74, 6) is 0.923. The van der Waals surface area contributed by atoms with Crippen LogP contribution in [0.4, 0.5) is 0 Å². The summed E-state index contributed by atoms with van der Waals surface area (Å²) in [6.45, 7) is 4.44. The molecule has 108 valence electrons. The average molecular weight is 290 g/mol. The van der Waals surface area contributed by atoms with Crippen LogP contribution in [0.15, 0.2) is 24.5 Å². The van der Waals surface area contributed by atoms with Crippen molar-refractivity contribution >= 4 is 12.2 Å². The molecule has 2 rings (SSSR count). The summed E-state index contributed by atoms with van der Waals surface area (Å²) in [5, 5.41) is 7.36. The maximum Gasteiger partial charge on any atom is 0.195 e. The molecule has 2 aromatic rings. The van der Waals surface area contributed by atoms with Crippen molar-refractivity contribution in [2.45, 2.75) is 52.0 Å². The zero-order valence-corrected chi connectivity index (χ0v) is 13.0. The highest BCUT2D eigenvalue weighted by Gasteiger charge is 2.17. The van der Waals surface area contributed by atoms with Crippen LogP contribution in [-0.2, 0) is 0 Å². The largest absolute Gasteiger partial charge is 0.297 e. The smallest absolute Gasteiger partial charge is 0.195 e. The molecule has 1 unspecified atom stereocenters. The van der Waals surface area contributed by atoms with Gasteiger partial charge in [0.25, 0.3) is 0 Å². The van der Waals surface area contributed by atoms with Gasteiger partial charge in [0, 0.05) is 24.0 Å². The summed E-state index contributed by atoms with van der Waals surface area (Å²) in [6.07, 6.45) is 9.43. The first-order valence-corrected chi connectivity index (χ1v) is 7.76. The standard InChI is InChI=1S/C15H22N4S/c1-3-5-7-13(6-4-2)19-14(17-18-15(19)20)12-8-10-16-11-9-12/h8-11,13H,3-7H2,1-2H3,(H,18,20). The lowest BCUT2D eigenvalue weighted by Gasteiger charge is -2.19. The number of hydrogen-bond donors (Lipinski definition) is 1. The topological polar surface area (TPSA) is 46.5 Å². The molecule has 0 fully saturated rings. The maximum atomic E-state index is 5.44. The number of nitrogens with zero attached hydrogens (tertiary/aromatic N) is 3. The first-order chi connectivity index (χ1) is 9.77. The van der Waals surface area contributed by atoms with Crippen molar-refractivity contribution in [2.24, 2.45) is 0 Å². The highest BCUT2D eigenvalue weighted by molar-refractivity contribution is 7.71. The molecule has 0 aliphatic heterocycles. The van der Waals surface area contributed by atoms with Gasteiger partial charge in [-0.25, -0.2) is 0 Å². The van der Waals surface area contributed by atoms with E-state index >= 15 is 0 Å². The van der Waals surface area contributed by atoms with Crippen LogP contribution in [0, 0.1) is 4.77 Å². The lowest BCUT2D eigenvalue weighted by molar-refractivity contribution is 0.416. The first kappa shape index (κ1) is 14.9. The molecular weight excluding hydrogens is 268 g/mol. The Hall–Kier alpha value is -1.49. The van der Waals surface area contributed by atoms with E-state index in [1.54, 1.807) is 12.4 Å². The Morgan fingerprint density at radius 3 is 2.60 bits per heavy atom. The van der Waals surface area contributed by atoms with Crippen LogP contribution in [0.3, 0.4) is 0 Å². The molecule has 1 atom stereocenters. The van der Waals surface area contributed by atoms with E-state index in [0.29, 0.717) is 10.8 Å². The Morgan fingerprint density at radius 2 is 1.95 bits per heavy atom. The minimum atomic E-state index is 0.425. The van der Waals surface area contributed by atoms with Gasteiger partial charge in [-0.05, 0) is 37.2 Å². The van der Waals surface area contributed by atoms with Gasteiger partial charge in [0.15, 0.2) is 10.6 Å². The summed E-state index contributed by atoms with van der Waals surface area (Å²) < 4.78 is 2.90. The molecule has 2 heterocycles. The Balaban J connectivity index is 2.39. The summed E-state index contributed by atoms with van der Waals surface area (Å²) >= 11 is 5.44. The highest BCUT2D eigenvalue weighted by Crippen LogP contribution is 2.27. The van der Waals surface area contributed by atoms with Crippen LogP contribution in [-0.4, -0.2) is 19.7 Å². The molecule has 0 bridgehead atoms. The fraction of sp³-hybridized carbons (Fsp3) is 0.533. The van der Waals surface area contributed by atoms with Crippen molar-refractivity contribution < 1.29 is 0 Å². The molecule has 0 radical (unpaired) electrons. The van der Waals surface area contributed by atoms with E-state index < -0.39 is 0 Å². The normalized spacial score (nSPS) is 12.5. The molecule has 0 spiro atoms. The fourth-order valence-electron chi connectivity index (χ4n) is 2.52. The van der Waals surface area contributed by atoms with E-state index in [9.17, 15) is 0 Å². The summed E-state index contributed by atoms with van der Waals surface area (Å²) in [7, 11) is 0. The first-order valence-electron chi connectivity index (χ1n) is 7.35. The summed E-state index contributed by atoms with van der Waals surface area (Å²) in [4.78, 5) is 4.06. The number of aromatic amines is 1. The quantitative estimate of drug-likeness (QED) is 0.762. The van der Waals surface area contributed by atoms with E-state index in [0.717, 1.165) is 30.7 Å². The lowest BCUT2D eigenvalue weighted by atomic mass is 10.0. The summed E-state index contributed by atoms with van der Waals surface area (Å²) in [5.41, 5.74) is 1.06. The fourth-order valence-corrected chi connectivity index (χ4v) is 2.80. The molecule has 0 aromatic carbocycles. The van der Waals surface area contributed by atoms with Crippen LogP contribution >= 0.6 is 12.2 Å². The third-order valence-corrected chi connectivity index (χ3v) is 3.81. The van der Waals surface area contributed by atoms with Gasteiger partial charge in [0.2, 0.25) is 0 Å². The Labute approximate surface area is 125 Å². The molecule has 0 saturated heterocycles. The van der Waals surface area contributed by atoms with Crippen molar-refractivity contribution in [3.63, 3.8) is 0 Å². The van der Waals surface area contributed by atoms with E-state index in [1.165, 1.54) is 12.8 Å². The maximum absolute atomic E-state index is 5.44. The van der Waals surface area contributed by atoms with E-state index in [-0.39, 0.29) is 0 Å². The second-order valence-electron chi connectivity index (χ2n) is 5.04. The number of H-pyrrole nitrogens is 1. The molecule has 0 amide bonds. The van der Waals surface area contributed by atoms with Gasteiger partial charge < -0.3 is 0 Å². The van der Waals surface area contributed by atoms with Gasteiger partial charge >= 0.3 is 0 Å². The van der Waals surface area contributed by atoms with Crippen LogP contribution in [0.5, 0.6) is 0 Å². The number of pyridine rings is 1. The molecule has 5 heteroatoms. The predicted molar refractivity (Wildman–Crippen MR) is 84.1 cm³/mol. The Kier molecular flexibility index (Phi) is 5.47. The summed E-state index contributed by atoms with van der Waals surface area (Å²) in [6, 6.07) is 4.38. The van der Waals surface area contributed by atoms with E-state index in [1.807, 2.05) is 12.1 Å². The molecule has 0 aliphatic carbocycles. The van der Waals surface area contributed by atoms with Crippen molar-refractivity contribution in [3.8, 4) is 11.4 Å². The van der Waals surface area contributed by atoms with Gasteiger partial charge in [-0.1, -0.05) is 33.1 Å². The number of aromatic nitrogens is 4. The van der Waals surface area contributed by atoms with E-state index in [4.69, 9.17) is 12.2 Å². The molecule has 20 heavy (non-hydrogen) atoms. The lowest BCUT2D eigenvalue weighted by Crippen LogP contribution is -2.11. The zero-order chi connectivity index (χ0) is 14.4. The second kappa shape index (κ2) is 7.33. The van der Waals surface area contributed by atoms with Gasteiger partial charge in [0.1, 0.15) is 0 Å². The Bertz CT molecular complexity index is 573. The van der Waals surface area contributed by atoms with Crippen LogP contribution < -0.4 is 0 Å². The minimum Gasteiger partial charge on any atom is -0.297 e. The molecule has 1 N–H and O–H groups in total. The zero-order valence-electron chi connectivity index (χ0n) is 12.2. The SMILES string of the molecule is CCCCC(CCC)n1c(-c2ccncc2)n[nH]c1=S. The van der Waals surface area contributed by atoms with Crippen molar-refractivity contribution in [1.82, 2.24) is 19.7 Å². The highest BCUT2D eigenvalue weighted by atomic mass is 32.1. The monoisotopic (exact) mass is 290 g/mol. The minimum absolute atomic E-state index is 0.425. The van der Waals surface area contributed by atoms with Gasteiger partial charge in [-0.3, -0.25) is 14.6 Å². The van der Waals surface area contributed by atoms with Gasteiger partial charge in [-0.15, -0.1) is 0 Å². The van der Waals surface area contributed by atoms with Crippen LogP contribution in [0.25, 0.3) is 11.4 Å².